The average molecular weight is 436 g/mol. The van der Waals surface area contributed by atoms with Crippen molar-refractivity contribution in [3.63, 3.8) is 0 Å². The third-order valence-corrected chi connectivity index (χ3v) is 8.17. The standard InChI is InChI=1S/C18H18ClN5O2S2/c19-13-2-1-3-15-17(13)20-18(27-15)24-7-5-23(6-8-24)16-10-12-11-28(25,26)9-4-14(12)21-22-16/h1-3,10H,4-9,11H2. The van der Waals surface area contributed by atoms with Crippen LogP contribution in [0.4, 0.5) is 10.9 Å². The third kappa shape index (κ3) is 3.31. The van der Waals surface area contributed by atoms with Crippen LogP contribution < -0.4 is 9.80 Å². The molecule has 28 heavy (non-hydrogen) atoms. The topological polar surface area (TPSA) is 79.3 Å². The van der Waals surface area contributed by atoms with E-state index in [0.29, 0.717) is 11.4 Å². The van der Waals surface area contributed by atoms with Crippen LogP contribution in [0, 0.1) is 0 Å². The second-order valence-corrected chi connectivity index (χ2v) is 10.7. The van der Waals surface area contributed by atoms with E-state index >= 15 is 0 Å². The van der Waals surface area contributed by atoms with Gasteiger partial charge in [0.25, 0.3) is 0 Å². The predicted molar refractivity (Wildman–Crippen MR) is 112 cm³/mol. The molecule has 146 valence electrons. The predicted octanol–water partition coefficient (Wildman–Crippen LogP) is 2.54. The molecule has 7 nitrogen and oxygen atoms in total. The number of hydrogen-bond donors (Lipinski definition) is 0. The highest BCUT2D eigenvalue weighted by Gasteiger charge is 2.26. The Morgan fingerprint density at radius 2 is 1.86 bits per heavy atom. The van der Waals surface area contributed by atoms with Gasteiger partial charge in [-0.15, -0.1) is 5.10 Å². The minimum absolute atomic E-state index is 0.0667. The van der Waals surface area contributed by atoms with Gasteiger partial charge in [0.05, 0.1) is 26.9 Å². The summed E-state index contributed by atoms with van der Waals surface area (Å²) in [6.07, 6.45) is 0.457. The first-order valence-electron chi connectivity index (χ1n) is 9.09. The van der Waals surface area contributed by atoms with Crippen LogP contribution in [0.15, 0.2) is 24.3 Å². The smallest absolute Gasteiger partial charge is 0.186 e. The van der Waals surface area contributed by atoms with Crippen molar-refractivity contribution in [2.45, 2.75) is 12.2 Å². The van der Waals surface area contributed by atoms with E-state index < -0.39 is 9.84 Å². The Kier molecular flexibility index (Phi) is 4.41. The molecule has 0 atom stereocenters. The van der Waals surface area contributed by atoms with Crippen LogP contribution >= 0.6 is 22.9 Å². The normalized spacial score (nSPS) is 19.0. The monoisotopic (exact) mass is 435 g/mol. The maximum Gasteiger partial charge on any atom is 0.186 e. The van der Waals surface area contributed by atoms with E-state index in [0.717, 1.165) is 58.6 Å². The molecule has 2 aromatic heterocycles. The number of aromatic nitrogens is 3. The van der Waals surface area contributed by atoms with E-state index in [2.05, 4.69) is 20.0 Å². The number of thiazole rings is 1. The summed E-state index contributed by atoms with van der Waals surface area (Å²) in [6, 6.07) is 7.74. The highest BCUT2D eigenvalue weighted by Crippen LogP contribution is 2.33. The lowest BCUT2D eigenvalue weighted by Gasteiger charge is -2.35. The Labute approximate surface area is 171 Å². The van der Waals surface area contributed by atoms with Gasteiger partial charge in [0.2, 0.25) is 0 Å². The van der Waals surface area contributed by atoms with Gasteiger partial charge >= 0.3 is 0 Å². The summed E-state index contributed by atoms with van der Waals surface area (Å²) in [5.74, 6) is 0.985. The molecule has 1 saturated heterocycles. The van der Waals surface area contributed by atoms with Gasteiger partial charge in [0.15, 0.2) is 20.8 Å². The number of anilines is 2. The molecule has 1 aromatic carbocycles. The molecular weight excluding hydrogens is 418 g/mol. The van der Waals surface area contributed by atoms with Crippen molar-refractivity contribution >= 4 is 53.9 Å². The second kappa shape index (κ2) is 6.82. The molecule has 0 N–H and O–H groups in total. The number of nitrogens with zero attached hydrogens (tertiary/aromatic N) is 5. The van der Waals surface area contributed by atoms with Crippen molar-refractivity contribution in [1.82, 2.24) is 15.2 Å². The zero-order chi connectivity index (χ0) is 19.3. The zero-order valence-electron chi connectivity index (χ0n) is 15.0. The summed E-state index contributed by atoms with van der Waals surface area (Å²) >= 11 is 7.90. The molecule has 5 rings (SSSR count). The molecule has 1 fully saturated rings. The Morgan fingerprint density at radius 1 is 1.07 bits per heavy atom. The first-order valence-corrected chi connectivity index (χ1v) is 12.1. The Bertz CT molecular complexity index is 1160. The van der Waals surface area contributed by atoms with Crippen molar-refractivity contribution in [2.24, 2.45) is 0 Å². The molecule has 0 spiro atoms. The summed E-state index contributed by atoms with van der Waals surface area (Å²) in [4.78, 5) is 9.12. The molecule has 3 aromatic rings. The number of benzene rings is 1. The van der Waals surface area contributed by atoms with Crippen LogP contribution in [-0.4, -0.2) is 55.5 Å². The quantitative estimate of drug-likeness (QED) is 0.611. The number of halogens is 1. The molecule has 0 radical (unpaired) electrons. The number of para-hydroxylation sites is 1. The van der Waals surface area contributed by atoms with Gasteiger partial charge in [-0.05, 0) is 23.8 Å². The van der Waals surface area contributed by atoms with Crippen molar-refractivity contribution < 1.29 is 8.42 Å². The Hall–Kier alpha value is -1.97. The van der Waals surface area contributed by atoms with E-state index in [1.165, 1.54) is 0 Å². The molecule has 2 aliphatic heterocycles. The summed E-state index contributed by atoms with van der Waals surface area (Å²) in [7, 11) is -3.02. The number of piperazine rings is 1. The molecule has 0 amide bonds. The molecule has 4 heterocycles. The van der Waals surface area contributed by atoms with E-state index in [-0.39, 0.29) is 11.5 Å². The van der Waals surface area contributed by atoms with Crippen molar-refractivity contribution in [1.29, 1.82) is 0 Å². The van der Waals surface area contributed by atoms with Crippen LogP contribution in [0.3, 0.4) is 0 Å². The number of aryl methyl sites for hydroxylation is 1. The minimum Gasteiger partial charge on any atom is -0.352 e. The van der Waals surface area contributed by atoms with Crippen LogP contribution in [0.1, 0.15) is 11.3 Å². The second-order valence-electron chi connectivity index (χ2n) is 7.07. The summed E-state index contributed by atoms with van der Waals surface area (Å²) in [6.45, 7) is 3.19. The number of hydrogen-bond acceptors (Lipinski definition) is 8. The van der Waals surface area contributed by atoms with Gasteiger partial charge in [-0.1, -0.05) is 29.0 Å². The molecule has 0 saturated carbocycles. The highest BCUT2D eigenvalue weighted by molar-refractivity contribution is 7.90. The SMILES string of the molecule is O=S1(=O)CCc2nnc(N3CCN(c4nc5c(Cl)cccc5s4)CC3)cc2C1. The number of rotatable bonds is 2. The molecular formula is C18H18ClN5O2S2. The number of fused-ring (bicyclic) bond motifs is 2. The first kappa shape index (κ1) is 18.1. The fraction of sp³-hybridized carbons (Fsp3) is 0.389. The van der Waals surface area contributed by atoms with Crippen LogP contribution in [-0.2, 0) is 22.0 Å². The summed E-state index contributed by atoms with van der Waals surface area (Å²) in [5.41, 5.74) is 2.46. The van der Waals surface area contributed by atoms with Gasteiger partial charge in [0.1, 0.15) is 5.52 Å². The van der Waals surface area contributed by atoms with Crippen molar-refractivity contribution in [3.8, 4) is 0 Å². The lowest BCUT2D eigenvalue weighted by molar-refractivity contribution is 0.589. The summed E-state index contributed by atoms with van der Waals surface area (Å²) < 4.78 is 24.9. The van der Waals surface area contributed by atoms with Crippen LogP contribution in [0.5, 0.6) is 0 Å². The van der Waals surface area contributed by atoms with Crippen LogP contribution in [0.2, 0.25) is 5.02 Å². The molecule has 0 aliphatic carbocycles. The van der Waals surface area contributed by atoms with Gasteiger partial charge in [-0.2, -0.15) is 5.10 Å². The van der Waals surface area contributed by atoms with E-state index in [4.69, 9.17) is 16.6 Å². The molecule has 2 aliphatic rings. The Morgan fingerprint density at radius 3 is 2.64 bits per heavy atom. The van der Waals surface area contributed by atoms with Crippen LogP contribution in [0.25, 0.3) is 10.2 Å². The average Bonchev–Trinajstić information content (AvgIpc) is 3.13. The van der Waals surface area contributed by atoms with E-state index in [1.807, 2.05) is 24.3 Å². The van der Waals surface area contributed by atoms with Crippen molar-refractivity contribution in [3.05, 3.63) is 40.5 Å². The first-order chi connectivity index (χ1) is 13.5. The van der Waals surface area contributed by atoms with Crippen molar-refractivity contribution in [2.75, 3.05) is 41.7 Å². The van der Waals surface area contributed by atoms with Gasteiger partial charge < -0.3 is 9.80 Å². The molecule has 0 bridgehead atoms. The molecule has 10 heteroatoms. The fourth-order valence-corrected chi connectivity index (χ4v) is 6.35. The third-order valence-electron chi connectivity index (χ3n) is 5.21. The maximum atomic E-state index is 11.9. The maximum absolute atomic E-state index is 11.9. The van der Waals surface area contributed by atoms with Gasteiger partial charge in [0, 0.05) is 32.6 Å². The van der Waals surface area contributed by atoms with E-state index in [9.17, 15) is 8.42 Å². The van der Waals surface area contributed by atoms with Gasteiger partial charge in [-0.3, -0.25) is 0 Å². The van der Waals surface area contributed by atoms with Gasteiger partial charge in [-0.25, -0.2) is 13.4 Å². The lowest BCUT2D eigenvalue weighted by atomic mass is 10.2. The largest absolute Gasteiger partial charge is 0.352 e. The highest BCUT2D eigenvalue weighted by atomic mass is 35.5. The number of sulfone groups is 1. The summed E-state index contributed by atoms with van der Waals surface area (Å²) in [5, 5.41) is 10.3. The molecule has 0 unspecified atom stereocenters. The lowest BCUT2D eigenvalue weighted by Crippen LogP contribution is -2.47. The fourth-order valence-electron chi connectivity index (χ4n) is 3.66. The van der Waals surface area contributed by atoms with E-state index in [1.54, 1.807) is 11.3 Å². The zero-order valence-corrected chi connectivity index (χ0v) is 17.4. The Balaban J connectivity index is 1.32. The minimum atomic E-state index is -3.02.